The van der Waals surface area contributed by atoms with Crippen LogP contribution in [0, 0.1) is 6.92 Å². The van der Waals surface area contributed by atoms with Crippen LogP contribution in [0.5, 0.6) is 0 Å². The third-order valence-corrected chi connectivity index (χ3v) is 8.03. The summed E-state index contributed by atoms with van der Waals surface area (Å²) in [6.07, 6.45) is 2.16. The average molecular weight is 528 g/mol. The number of hydrogen-bond donors (Lipinski definition) is 2. The van der Waals surface area contributed by atoms with Gasteiger partial charge < -0.3 is 5.32 Å². The highest BCUT2D eigenvalue weighted by Crippen LogP contribution is 2.29. The molecule has 3 aromatic carbocycles. The molecule has 2 amide bonds. The van der Waals surface area contributed by atoms with Crippen molar-refractivity contribution in [3.8, 4) is 5.69 Å². The van der Waals surface area contributed by atoms with Gasteiger partial charge in [-0.15, -0.1) is 11.8 Å². The lowest BCUT2D eigenvalue weighted by Crippen LogP contribution is -2.21. The SMILES string of the molecule is Cc1ccc(-n2nc(C(C)(C)C)cc2NC(=O)Nc2ccc(CCCN3CCSC3)c3ccccc23)cc1. The molecule has 0 bridgehead atoms. The van der Waals surface area contributed by atoms with Crippen LogP contribution in [0.25, 0.3) is 16.5 Å². The van der Waals surface area contributed by atoms with Crippen molar-refractivity contribution in [2.45, 2.75) is 46.0 Å². The van der Waals surface area contributed by atoms with Crippen LogP contribution in [0.15, 0.2) is 66.7 Å². The van der Waals surface area contributed by atoms with Crippen molar-refractivity contribution in [2.75, 3.05) is 35.4 Å². The Hall–Kier alpha value is -3.29. The smallest absolute Gasteiger partial charge is 0.307 e. The summed E-state index contributed by atoms with van der Waals surface area (Å²) in [7, 11) is 0. The van der Waals surface area contributed by atoms with Crippen LogP contribution in [0.2, 0.25) is 0 Å². The van der Waals surface area contributed by atoms with Gasteiger partial charge in [0.1, 0.15) is 5.82 Å². The Balaban J connectivity index is 1.35. The zero-order valence-electron chi connectivity index (χ0n) is 22.8. The summed E-state index contributed by atoms with van der Waals surface area (Å²) < 4.78 is 1.81. The molecule has 38 heavy (non-hydrogen) atoms. The van der Waals surface area contributed by atoms with Crippen LogP contribution in [-0.2, 0) is 11.8 Å². The molecule has 0 unspecified atom stereocenters. The van der Waals surface area contributed by atoms with Gasteiger partial charge in [-0.2, -0.15) is 5.10 Å². The van der Waals surface area contributed by atoms with Gasteiger partial charge in [-0.1, -0.05) is 68.8 Å². The number of fused-ring (bicyclic) bond motifs is 1. The third-order valence-electron chi connectivity index (χ3n) is 7.01. The molecule has 2 N–H and O–H groups in total. The Morgan fingerprint density at radius 1 is 1.00 bits per heavy atom. The van der Waals surface area contributed by atoms with Gasteiger partial charge in [0.25, 0.3) is 0 Å². The van der Waals surface area contributed by atoms with E-state index in [2.05, 4.69) is 79.6 Å². The number of thioether (sulfide) groups is 1. The van der Waals surface area contributed by atoms with Gasteiger partial charge in [0.05, 0.1) is 17.1 Å². The molecule has 5 rings (SSSR count). The number of rotatable bonds is 7. The maximum absolute atomic E-state index is 13.3. The van der Waals surface area contributed by atoms with Gasteiger partial charge in [0.2, 0.25) is 0 Å². The van der Waals surface area contributed by atoms with E-state index in [1.165, 1.54) is 28.8 Å². The number of carbonyl (C=O) groups is 1. The third kappa shape index (κ3) is 6.05. The maximum Gasteiger partial charge on any atom is 0.324 e. The lowest BCUT2D eigenvalue weighted by molar-refractivity contribution is 0.262. The minimum absolute atomic E-state index is 0.150. The molecule has 0 radical (unpaired) electrons. The number of hydrogen-bond acceptors (Lipinski definition) is 4. The second kappa shape index (κ2) is 11.2. The van der Waals surface area contributed by atoms with Crippen molar-refractivity contribution < 1.29 is 4.79 Å². The molecule has 1 fully saturated rings. The first-order chi connectivity index (χ1) is 18.3. The van der Waals surface area contributed by atoms with E-state index in [1.807, 2.05) is 42.1 Å². The zero-order chi connectivity index (χ0) is 26.7. The van der Waals surface area contributed by atoms with Gasteiger partial charge in [0, 0.05) is 35.0 Å². The lowest BCUT2D eigenvalue weighted by atomic mass is 9.92. The van der Waals surface area contributed by atoms with E-state index in [1.54, 1.807) is 4.68 Å². The predicted molar refractivity (Wildman–Crippen MR) is 161 cm³/mol. The van der Waals surface area contributed by atoms with Crippen molar-refractivity contribution >= 4 is 40.1 Å². The highest BCUT2D eigenvalue weighted by Gasteiger charge is 2.22. The summed E-state index contributed by atoms with van der Waals surface area (Å²) in [6, 6.07) is 22.3. The van der Waals surface area contributed by atoms with Crippen molar-refractivity contribution in [1.82, 2.24) is 14.7 Å². The van der Waals surface area contributed by atoms with Crippen LogP contribution in [0.3, 0.4) is 0 Å². The number of amides is 2. The Labute approximate surface area is 229 Å². The Bertz CT molecular complexity index is 1410. The number of anilines is 2. The first kappa shape index (κ1) is 26.3. The van der Waals surface area contributed by atoms with Gasteiger partial charge in [-0.3, -0.25) is 10.2 Å². The van der Waals surface area contributed by atoms with E-state index in [9.17, 15) is 4.79 Å². The molecule has 4 aromatic rings. The van der Waals surface area contributed by atoms with E-state index in [0.29, 0.717) is 5.82 Å². The molecule has 198 valence electrons. The Morgan fingerprint density at radius 3 is 2.47 bits per heavy atom. The number of urea groups is 1. The van der Waals surface area contributed by atoms with Gasteiger partial charge >= 0.3 is 6.03 Å². The van der Waals surface area contributed by atoms with Gasteiger partial charge in [-0.05, 0) is 55.5 Å². The quantitative estimate of drug-likeness (QED) is 0.266. The molecule has 0 saturated carbocycles. The molecule has 0 spiro atoms. The van der Waals surface area contributed by atoms with Crippen LogP contribution in [-0.4, -0.2) is 45.4 Å². The number of nitrogens with zero attached hydrogens (tertiary/aromatic N) is 3. The van der Waals surface area contributed by atoms with Crippen LogP contribution < -0.4 is 10.6 Å². The van der Waals surface area contributed by atoms with Crippen molar-refractivity contribution in [3.63, 3.8) is 0 Å². The van der Waals surface area contributed by atoms with E-state index < -0.39 is 0 Å². The molecular formula is C31H37N5OS. The molecule has 1 aliphatic rings. The molecule has 0 aliphatic carbocycles. The summed E-state index contributed by atoms with van der Waals surface area (Å²) in [6.45, 7) is 10.8. The number of aryl methyl sites for hydroxylation is 2. The summed E-state index contributed by atoms with van der Waals surface area (Å²) in [5.41, 5.74) is 4.97. The summed E-state index contributed by atoms with van der Waals surface area (Å²) in [5.74, 6) is 3.03. The minimum Gasteiger partial charge on any atom is -0.307 e. The summed E-state index contributed by atoms with van der Waals surface area (Å²) in [4.78, 5) is 15.8. The highest BCUT2D eigenvalue weighted by atomic mass is 32.2. The second-order valence-corrected chi connectivity index (χ2v) is 12.1. The van der Waals surface area contributed by atoms with E-state index in [0.717, 1.165) is 47.7 Å². The number of carbonyl (C=O) groups excluding carboxylic acids is 1. The maximum atomic E-state index is 13.3. The second-order valence-electron chi connectivity index (χ2n) is 11.1. The minimum atomic E-state index is -0.289. The predicted octanol–water partition coefficient (Wildman–Crippen LogP) is 7.21. The van der Waals surface area contributed by atoms with Crippen LogP contribution >= 0.6 is 11.8 Å². The highest BCUT2D eigenvalue weighted by molar-refractivity contribution is 7.99. The Morgan fingerprint density at radius 2 is 1.76 bits per heavy atom. The zero-order valence-corrected chi connectivity index (χ0v) is 23.6. The van der Waals surface area contributed by atoms with Crippen molar-refractivity contribution in [1.29, 1.82) is 0 Å². The van der Waals surface area contributed by atoms with Gasteiger partial charge in [0.15, 0.2) is 0 Å². The summed E-state index contributed by atoms with van der Waals surface area (Å²) >= 11 is 2.02. The van der Waals surface area contributed by atoms with Crippen molar-refractivity contribution in [3.05, 3.63) is 83.6 Å². The van der Waals surface area contributed by atoms with Crippen LogP contribution in [0.1, 0.15) is 44.0 Å². The standard InChI is InChI=1S/C31H37N5OS/c1-22-11-14-24(15-12-22)36-29(20-28(34-36)31(2,3)4)33-30(37)32-27-16-13-23(25-9-5-6-10-26(25)27)8-7-17-35-18-19-38-21-35/h5-6,9-16,20H,7-8,17-19,21H2,1-4H3,(H2,32,33,37). The monoisotopic (exact) mass is 527 g/mol. The van der Waals surface area contributed by atoms with Gasteiger partial charge in [-0.25, -0.2) is 9.48 Å². The number of aromatic nitrogens is 2. The topological polar surface area (TPSA) is 62.2 Å². The first-order valence-corrected chi connectivity index (χ1v) is 14.5. The average Bonchev–Trinajstić information content (AvgIpc) is 3.56. The lowest BCUT2D eigenvalue weighted by Gasteiger charge is -2.16. The molecular weight excluding hydrogens is 490 g/mol. The molecule has 6 nitrogen and oxygen atoms in total. The fraction of sp³-hybridized carbons (Fsp3) is 0.355. The van der Waals surface area contributed by atoms with E-state index in [4.69, 9.17) is 5.10 Å². The molecule has 1 saturated heterocycles. The Kier molecular flexibility index (Phi) is 7.77. The van der Waals surface area contributed by atoms with E-state index >= 15 is 0 Å². The molecule has 2 heterocycles. The van der Waals surface area contributed by atoms with Crippen LogP contribution in [0.4, 0.5) is 16.3 Å². The summed E-state index contributed by atoms with van der Waals surface area (Å²) in [5, 5.41) is 13.2. The number of nitrogens with one attached hydrogen (secondary N) is 2. The molecule has 1 aliphatic heterocycles. The normalized spacial score (nSPS) is 14.2. The molecule has 0 atom stereocenters. The fourth-order valence-corrected chi connectivity index (χ4v) is 5.83. The van der Waals surface area contributed by atoms with E-state index in [-0.39, 0.29) is 11.4 Å². The molecule has 7 heteroatoms. The number of benzene rings is 3. The van der Waals surface area contributed by atoms with Crippen molar-refractivity contribution in [2.24, 2.45) is 0 Å². The first-order valence-electron chi connectivity index (χ1n) is 13.3. The largest absolute Gasteiger partial charge is 0.324 e. The molecule has 1 aromatic heterocycles. The fourth-order valence-electron chi connectivity index (χ4n) is 4.80.